The highest BCUT2D eigenvalue weighted by Crippen LogP contribution is 2.26. The van der Waals surface area contributed by atoms with Gasteiger partial charge in [0.05, 0.1) is 4.92 Å². The average molecular weight is 250 g/mol. The normalized spacial score (nSPS) is 14.8. The van der Waals surface area contributed by atoms with Gasteiger partial charge in [-0.1, -0.05) is 6.92 Å². The molecule has 1 heterocycles. The molecule has 0 amide bonds. The van der Waals surface area contributed by atoms with E-state index in [4.69, 9.17) is 0 Å². The van der Waals surface area contributed by atoms with Crippen LogP contribution in [-0.2, 0) is 0 Å². The molecule has 1 aromatic rings. The second-order valence-corrected chi connectivity index (χ2v) is 4.44. The van der Waals surface area contributed by atoms with E-state index in [0.29, 0.717) is 5.69 Å². The van der Waals surface area contributed by atoms with Gasteiger partial charge in [-0.3, -0.25) is 20.0 Å². The van der Waals surface area contributed by atoms with E-state index in [0.717, 1.165) is 25.7 Å². The molecule has 18 heavy (non-hydrogen) atoms. The summed E-state index contributed by atoms with van der Waals surface area (Å²) in [5.74, 6) is 0. The van der Waals surface area contributed by atoms with Crippen molar-refractivity contribution in [2.75, 3.05) is 25.0 Å². The molecule has 0 radical (unpaired) electrons. The van der Waals surface area contributed by atoms with Crippen molar-refractivity contribution in [2.45, 2.75) is 25.8 Å². The molecule has 1 fully saturated rings. The largest absolute Gasteiger partial charge is 0.378 e. The maximum atomic E-state index is 10.8. The van der Waals surface area contributed by atoms with E-state index >= 15 is 0 Å². The second kappa shape index (κ2) is 5.77. The van der Waals surface area contributed by atoms with Crippen LogP contribution in [0, 0.1) is 10.1 Å². The summed E-state index contributed by atoms with van der Waals surface area (Å²) in [7, 11) is 0. The third kappa shape index (κ3) is 3.16. The van der Waals surface area contributed by atoms with Gasteiger partial charge >= 0.3 is 5.69 Å². The fourth-order valence-corrected chi connectivity index (χ4v) is 2.05. The van der Waals surface area contributed by atoms with Crippen LogP contribution in [0.4, 0.5) is 11.4 Å². The molecule has 98 valence electrons. The van der Waals surface area contributed by atoms with Crippen molar-refractivity contribution in [3.05, 3.63) is 28.6 Å². The molecule has 0 aliphatic heterocycles. The van der Waals surface area contributed by atoms with Gasteiger partial charge in [0.25, 0.3) is 0 Å². The van der Waals surface area contributed by atoms with Crippen molar-refractivity contribution in [2.24, 2.45) is 0 Å². The minimum absolute atomic E-state index is 0.0342. The van der Waals surface area contributed by atoms with Gasteiger partial charge < -0.3 is 5.32 Å². The van der Waals surface area contributed by atoms with Crippen molar-refractivity contribution in [3.63, 3.8) is 0 Å². The predicted octanol–water partition coefficient (Wildman–Crippen LogP) is 1.89. The molecule has 0 saturated heterocycles. The van der Waals surface area contributed by atoms with E-state index < -0.39 is 4.92 Å². The zero-order valence-corrected chi connectivity index (χ0v) is 10.5. The number of anilines is 1. The Kier molecular flexibility index (Phi) is 4.09. The van der Waals surface area contributed by atoms with Crippen molar-refractivity contribution >= 4 is 11.4 Å². The summed E-state index contributed by atoms with van der Waals surface area (Å²) >= 11 is 0. The number of hydrogen-bond acceptors (Lipinski definition) is 5. The van der Waals surface area contributed by atoms with Crippen LogP contribution in [0.2, 0.25) is 0 Å². The maximum absolute atomic E-state index is 10.8. The Balaban J connectivity index is 1.87. The van der Waals surface area contributed by atoms with Gasteiger partial charge in [0.15, 0.2) is 0 Å². The zero-order chi connectivity index (χ0) is 13.0. The fourth-order valence-electron chi connectivity index (χ4n) is 2.05. The minimum atomic E-state index is -0.409. The van der Waals surface area contributed by atoms with Crippen molar-refractivity contribution in [1.82, 2.24) is 9.88 Å². The van der Waals surface area contributed by atoms with E-state index in [-0.39, 0.29) is 5.69 Å². The number of nitrogens with zero attached hydrogens (tertiary/aromatic N) is 3. The third-order valence-corrected chi connectivity index (χ3v) is 3.18. The van der Waals surface area contributed by atoms with E-state index in [1.807, 2.05) is 0 Å². The molecule has 1 N–H and O–H groups in total. The highest BCUT2D eigenvalue weighted by atomic mass is 16.6. The summed E-state index contributed by atoms with van der Waals surface area (Å²) < 4.78 is 0. The Labute approximate surface area is 106 Å². The van der Waals surface area contributed by atoms with Crippen LogP contribution in [0.15, 0.2) is 18.5 Å². The second-order valence-electron chi connectivity index (χ2n) is 4.44. The van der Waals surface area contributed by atoms with Crippen LogP contribution in [0.1, 0.15) is 19.8 Å². The van der Waals surface area contributed by atoms with E-state index in [2.05, 4.69) is 22.1 Å². The Morgan fingerprint density at radius 1 is 1.61 bits per heavy atom. The van der Waals surface area contributed by atoms with Crippen molar-refractivity contribution in [1.29, 1.82) is 0 Å². The quantitative estimate of drug-likeness (QED) is 0.591. The Morgan fingerprint density at radius 3 is 3.00 bits per heavy atom. The van der Waals surface area contributed by atoms with Crippen LogP contribution >= 0.6 is 0 Å². The Hall–Kier alpha value is -1.69. The van der Waals surface area contributed by atoms with Crippen LogP contribution in [0.3, 0.4) is 0 Å². The van der Waals surface area contributed by atoms with Gasteiger partial charge in [-0.2, -0.15) is 0 Å². The van der Waals surface area contributed by atoms with Crippen molar-refractivity contribution < 1.29 is 4.92 Å². The third-order valence-electron chi connectivity index (χ3n) is 3.18. The first kappa shape index (κ1) is 12.8. The van der Waals surface area contributed by atoms with Gasteiger partial charge in [-0.25, -0.2) is 0 Å². The topological polar surface area (TPSA) is 71.3 Å². The minimum Gasteiger partial charge on any atom is -0.378 e. The lowest BCUT2D eigenvalue weighted by molar-refractivity contribution is -0.384. The number of hydrogen-bond donors (Lipinski definition) is 1. The standard InChI is InChI=1S/C12H18N4O2/c1-2-15(10-3-4-10)8-7-14-11-5-6-13-9-12(11)16(17)18/h5-6,9-10H,2-4,7-8H2,1H3,(H,13,14). The van der Waals surface area contributed by atoms with Crippen LogP contribution in [0.5, 0.6) is 0 Å². The predicted molar refractivity (Wildman–Crippen MR) is 69.7 cm³/mol. The summed E-state index contributed by atoms with van der Waals surface area (Å²) in [6.07, 6.45) is 5.40. The number of likely N-dealkylation sites (N-methyl/N-ethyl adjacent to an activating group) is 1. The molecular weight excluding hydrogens is 232 g/mol. The van der Waals surface area contributed by atoms with Gasteiger partial charge in [-0.05, 0) is 25.5 Å². The van der Waals surface area contributed by atoms with Crippen LogP contribution in [-0.4, -0.2) is 40.5 Å². The smallest absolute Gasteiger partial charge is 0.310 e. The SMILES string of the molecule is CCN(CCNc1ccncc1[N+](=O)[O-])C1CC1. The first-order valence-corrected chi connectivity index (χ1v) is 6.28. The summed E-state index contributed by atoms with van der Waals surface area (Å²) in [6.45, 7) is 4.81. The molecule has 1 aliphatic rings. The molecule has 6 nitrogen and oxygen atoms in total. The summed E-state index contributed by atoms with van der Waals surface area (Å²) in [5, 5.41) is 13.9. The molecule has 6 heteroatoms. The first-order chi connectivity index (χ1) is 8.72. The molecule has 1 saturated carbocycles. The Morgan fingerprint density at radius 2 is 2.39 bits per heavy atom. The monoisotopic (exact) mass is 250 g/mol. The lowest BCUT2D eigenvalue weighted by atomic mass is 10.3. The van der Waals surface area contributed by atoms with E-state index in [9.17, 15) is 10.1 Å². The van der Waals surface area contributed by atoms with Gasteiger partial charge in [0.1, 0.15) is 11.9 Å². The van der Waals surface area contributed by atoms with Gasteiger partial charge in [0, 0.05) is 25.3 Å². The summed E-state index contributed by atoms with van der Waals surface area (Å²) in [6, 6.07) is 2.37. The molecule has 0 atom stereocenters. The molecule has 0 spiro atoms. The zero-order valence-electron chi connectivity index (χ0n) is 10.5. The van der Waals surface area contributed by atoms with Crippen LogP contribution in [0.25, 0.3) is 0 Å². The number of nitrogens with one attached hydrogen (secondary N) is 1. The number of rotatable bonds is 7. The van der Waals surface area contributed by atoms with E-state index in [1.165, 1.54) is 19.0 Å². The van der Waals surface area contributed by atoms with E-state index in [1.54, 1.807) is 12.3 Å². The number of pyridine rings is 1. The first-order valence-electron chi connectivity index (χ1n) is 6.28. The number of aromatic nitrogens is 1. The summed E-state index contributed by atoms with van der Waals surface area (Å²) in [5.41, 5.74) is 0.578. The highest BCUT2D eigenvalue weighted by Gasteiger charge is 2.27. The highest BCUT2D eigenvalue weighted by molar-refractivity contribution is 5.59. The van der Waals surface area contributed by atoms with Gasteiger partial charge in [0.2, 0.25) is 0 Å². The van der Waals surface area contributed by atoms with Gasteiger partial charge in [-0.15, -0.1) is 0 Å². The number of nitro groups is 1. The summed E-state index contributed by atoms with van der Waals surface area (Å²) in [4.78, 5) is 16.6. The molecule has 1 aromatic heterocycles. The lowest BCUT2D eigenvalue weighted by Gasteiger charge is -2.19. The fraction of sp³-hybridized carbons (Fsp3) is 0.583. The molecule has 2 rings (SSSR count). The molecule has 0 unspecified atom stereocenters. The van der Waals surface area contributed by atoms with Crippen molar-refractivity contribution in [3.8, 4) is 0 Å². The maximum Gasteiger partial charge on any atom is 0.310 e. The Bertz CT molecular complexity index is 420. The van der Waals surface area contributed by atoms with Crippen LogP contribution < -0.4 is 5.32 Å². The lowest BCUT2D eigenvalue weighted by Crippen LogP contribution is -2.30. The average Bonchev–Trinajstić information content (AvgIpc) is 3.19. The molecule has 1 aliphatic carbocycles. The molecule has 0 bridgehead atoms. The molecule has 0 aromatic carbocycles. The molecular formula is C12H18N4O2.